The highest BCUT2D eigenvalue weighted by Crippen LogP contribution is 2.29. The summed E-state index contributed by atoms with van der Waals surface area (Å²) in [5.41, 5.74) is 7.98. The minimum atomic E-state index is -0.254. The van der Waals surface area contributed by atoms with E-state index in [-0.39, 0.29) is 43.2 Å². The van der Waals surface area contributed by atoms with Gasteiger partial charge in [-0.25, -0.2) is 4.98 Å². The topological polar surface area (TPSA) is 80.5 Å². The summed E-state index contributed by atoms with van der Waals surface area (Å²) >= 11 is 1.56. The molecular formula is C18H26Cl2N4O2S. The van der Waals surface area contributed by atoms with Crippen molar-refractivity contribution in [1.82, 2.24) is 9.88 Å². The van der Waals surface area contributed by atoms with E-state index in [0.717, 1.165) is 31.7 Å². The molecule has 1 aromatic heterocycles. The number of thiazole rings is 1. The monoisotopic (exact) mass is 432 g/mol. The molecular weight excluding hydrogens is 407 g/mol. The van der Waals surface area contributed by atoms with Crippen LogP contribution in [0.1, 0.15) is 22.6 Å². The minimum absolute atomic E-state index is 0. The Bertz CT molecular complexity index is 711. The molecule has 1 aliphatic rings. The van der Waals surface area contributed by atoms with Gasteiger partial charge in [0.1, 0.15) is 0 Å². The molecule has 1 aliphatic heterocycles. The number of fused-ring (bicyclic) bond motifs is 1. The summed E-state index contributed by atoms with van der Waals surface area (Å²) in [5, 5.41) is 3.55. The molecule has 2 heterocycles. The number of ether oxygens (including phenoxy) is 1. The summed E-state index contributed by atoms with van der Waals surface area (Å²) < 4.78 is 5.15. The second kappa shape index (κ2) is 11.6. The summed E-state index contributed by atoms with van der Waals surface area (Å²) in [6.45, 7) is 3.12. The van der Waals surface area contributed by atoms with E-state index in [1.807, 2.05) is 6.07 Å². The van der Waals surface area contributed by atoms with Crippen molar-refractivity contribution in [3.05, 3.63) is 46.5 Å². The van der Waals surface area contributed by atoms with Crippen LogP contribution < -0.4 is 11.1 Å². The van der Waals surface area contributed by atoms with Crippen LogP contribution in [-0.4, -0.2) is 42.1 Å². The summed E-state index contributed by atoms with van der Waals surface area (Å²) in [4.78, 5) is 20.3. The van der Waals surface area contributed by atoms with E-state index in [9.17, 15) is 4.79 Å². The Hall–Kier alpha value is -1.22. The van der Waals surface area contributed by atoms with Gasteiger partial charge in [0, 0.05) is 44.6 Å². The number of aromatic nitrogens is 1. The molecule has 0 spiro atoms. The summed E-state index contributed by atoms with van der Waals surface area (Å²) in [7, 11) is 1.56. The number of benzene rings is 1. The van der Waals surface area contributed by atoms with Crippen molar-refractivity contribution in [2.24, 2.45) is 5.73 Å². The summed E-state index contributed by atoms with van der Waals surface area (Å²) in [6.07, 6.45) is 0.908. The average Bonchev–Trinajstić information content (AvgIpc) is 3.02. The highest BCUT2D eigenvalue weighted by molar-refractivity contribution is 7.15. The molecule has 2 aromatic rings. The zero-order valence-corrected chi connectivity index (χ0v) is 17.7. The van der Waals surface area contributed by atoms with Crippen LogP contribution in [0.15, 0.2) is 30.3 Å². The third-order valence-electron chi connectivity index (χ3n) is 4.31. The van der Waals surface area contributed by atoms with Gasteiger partial charge in [0.05, 0.1) is 18.2 Å². The van der Waals surface area contributed by atoms with Crippen LogP contribution in [0.5, 0.6) is 0 Å². The van der Waals surface area contributed by atoms with E-state index in [0.29, 0.717) is 11.7 Å². The lowest BCUT2D eigenvalue weighted by Gasteiger charge is -2.25. The van der Waals surface area contributed by atoms with Crippen LogP contribution in [0.4, 0.5) is 5.13 Å². The summed E-state index contributed by atoms with van der Waals surface area (Å²) in [6, 6.07) is 10.5. The number of halogens is 2. The number of hydrogen-bond acceptors (Lipinski definition) is 6. The number of amides is 1. The zero-order chi connectivity index (χ0) is 17.6. The molecule has 3 N–H and O–H groups in total. The molecule has 1 aromatic carbocycles. The molecule has 0 radical (unpaired) electrons. The molecule has 6 nitrogen and oxygen atoms in total. The van der Waals surface area contributed by atoms with Crippen LogP contribution in [-0.2, 0) is 29.0 Å². The lowest BCUT2D eigenvalue weighted by Crippen LogP contribution is -2.29. The molecule has 150 valence electrons. The third kappa shape index (κ3) is 6.71. The van der Waals surface area contributed by atoms with Gasteiger partial charge in [0.2, 0.25) is 5.91 Å². The Balaban J connectivity index is 0.00000182. The van der Waals surface area contributed by atoms with Crippen LogP contribution >= 0.6 is 36.2 Å². The van der Waals surface area contributed by atoms with Crippen LogP contribution in [0.3, 0.4) is 0 Å². The van der Waals surface area contributed by atoms with E-state index in [1.165, 1.54) is 10.4 Å². The Kier molecular flexibility index (Phi) is 10.2. The number of nitrogens with zero attached hydrogens (tertiary/aromatic N) is 2. The van der Waals surface area contributed by atoms with Gasteiger partial charge in [-0.1, -0.05) is 30.3 Å². The molecule has 0 bridgehead atoms. The molecule has 1 amide bonds. The first-order chi connectivity index (χ1) is 12.2. The number of carbonyl (C=O) groups excluding carboxylic acids is 1. The fraction of sp³-hybridized carbons (Fsp3) is 0.444. The fourth-order valence-corrected chi connectivity index (χ4v) is 3.99. The number of nitrogens with one attached hydrogen (secondary N) is 1. The van der Waals surface area contributed by atoms with Crippen LogP contribution in [0.25, 0.3) is 0 Å². The number of carbonyl (C=O) groups is 1. The van der Waals surface area contributed by atoms with Crippen molar-refractivity contribution >= 4 is 47.2 Å². The smallest absolute Gasteiger partial charge is 0.228 e. The van der Waals surface area contributed by atoms with Crippen molar-refractivity contribution < 1.29 is 9.53 Å². The molecule has 27 heavy (non-hydrogen) atoms. The van der Waals surface area contributed by atoms with Gasteiger partial charge in [0.15, 0.2) is 5.13 Å². The highest BCUT2D eigenvalue weighted by atomic mass is 35.5. The maximum absolute atomic E-state index is 12.1. The van der Waals surface area contributed by atoms with Gasteiger partial charge in [0.25, 0.3) is 0 Å². The molecule has 3 rings (SSSR count). The van der Waals surface area contributed by atoms with Crippen molar-refractivity contribution in [2.45, 2.75) is 32.0 Å². The molecule has 9 heteroatoms. The fourth-order valence-electron chi connectivity index (χ4n) is 2.92. The first-order valence-corrected chi connectivity index (χ1v) is 9.27. The second-order valence-corrected chi connectivity index (χ2v) is 7.26. The Labute approximate surface area is 176 Å². The first kappa shape index (κ1) is 23.8. The van der Waals surface area contributed by atoms with Gasteiger partial charge in [-0.3, -0.25) is 9.69 Å². The van der Waals surface area contributed by atoms with Gasteiger partial charge >= 0.3 is 0 Å². The van der Waals surface area contributed by atoms with Gasteiger partial charge in [-0.15, -0.1) is 36.2 Å². The molecule has 0 saturated heterocycles. The SMILES string of the molecule is COC(CN)CC(=O)Nc1nc2c(s1)CN(Cc1ccccc1)CC2.Cl.Cl. The predicted octanol–water partition coefficient (Wildman–Crippen LogP) is 2.85. The van der Waals surface area contributed by atoms with E-state index in [1.54, 1.807) is 18.4 Å². The number of hydrogen-bond donors (Lipinski definition) is 2. The first-order valence-electron chi connectivity index (χ1n) is 8.45. The van der Waals surface area contributed by atoms with Crippen molar-refractivity contribution in [3.63, 3.8) is 0 Å². The van der Waals surface area contributed by atoms with E-state index < -0.39 is 0 Å². The number of methoxy groups -OCH3 is 1. The molecule has 0 aliphatic carbocycles. The maximum atomic E-state index is 12.1. The quantitative estimate of drug-likeness (QED) is 0.702. The second-order valence-electron chi connectivity index (χ2n) is 6.18. The molecule has 0 saturated carbocycles. The van der Waals surface area contributed by atoms with E-state index >= 15 is 0 Å². The predicted molar refractivity (Wildman–Crippen MR) is 114 cm³/mol. The van der Waals surface area contributed by atoms with E-state index in [2.05, 4.69) is 39.5 Å². The lowest BCUT2D eigenvalue weighted by atomic mass is 10.1. The maximum Gasteiger partial charge on any atom is 0.228 e. The minimum Gasteiger partial charge on any atom is -0.380 e. The highest BCUT2D eigenvalue weighted by Gasteiger charge is 2.22. The van der Waals surface area contributed by atoms with Gasteiger partial charge in [-0.2, -0.15) is 0 Å². The number of nitrogens with two attached hydrogens (primary N) is 1. The normalized spacial score (nSPS) is 14.4. The van der Waals surface area contributed by atoms with E-state index in [4.69, 9.17) is 10.5 Å². The standard InChI is InChI=1S/C18H24N4O2S.2ClH/c1-24-14(10-19)9-17(23)21-18-20-15-7-8-22(12-16(15)25-18)11-13-5-3-2-4-6-13;;/h2-6,14H,7-12,19H2,1H3,(H,20,21,23);2*1H. The summed E-state index contributed by atoms with van der Waals surface area (Å²) in [5.74, 6) is -0.107. The molecule has 1 unspecified atom stereocenters. The molecule has 0 fully saturated rings. The van der Waals surface area contributed by atoms with Crippen molar-refractivity contribution in [2.75, 3.05) is 25.5 Å². The van der Waals surface area contributed by atoms with Crippen molar-refractivity contribution in [3.8, 4) is 0 Å². The number of anilines is 1. The third-order valence-corrected chi connectivity index (χ3v) is 5.31. The Morgan fingerprint density at radius 3 is 2.78 bits per heavy atom. The average molecular weight is 433 g/mol. The Morgan fingerprint density at radius 1 is 1.37 bits per heavy atom. The number of rotatable bonds is 7. The Morgan fingerprint density at radius 2 is 2.11 bits per heavy atom. The van der Waals surface area contributed by atoms with Crippen LogP contribution in [0, 0.1) is 0 Å². The van der Waals surface area contributed by atoms with Gasteiger partial charge in [-0.05, 0) is 5.56 Å². The zero-order valence-electron chi connectivity index (χ0n) is 15.2. The van der Waals surface area contributed by atoms with Gasteiger partial charge < -0.3 is 15.8 Å². The van der Waals surface area contributed by atoms with Crippen molar-refractivity contribution in [1.29, 1.82) is 0 Å². The van der Waals surface area contributed by atoms with Crippen LogP contribution in [0.2, 0.25) is 0 Å². The largest absolute Gasteiger partial charge is 0.380 e. The lowest BCUT2D eigenvalue weighted by molar-refractivity contribution is -0.118. The molecule has 1 atom stereocenters.